The minimum atomic E-state index is -2.70. The molecule has 2 aliphatic carbocycles. The molecule has 0 aromatic carbocycles. The Morgan fingerprint density at radius 2 is 1.84 bits per heavy atom. The second-order valence-electron chi connectivity index (χ2n) is 9.59. The molecule has 3 aliphatic rings. The number of aromatic nitrogens is 1. The molecule has 1 N–H and O–H groups in total. The molecule has 10 heteroatoms. The zero-order valence-electron chi connectivity index (χ0n) is 18.0. The first-order valence-corrected chi connectivity index (χ1v) is 10.3. The van der Waals surface area contributed by atoms with Crippen LogP contribution in [-0.2, 0) is 15.0 Å². The van der Waals surface area contributed by atoms with Gasteiger partial charge in [0.1, 0.15) is 11.1 Å². The Balaban J connectivity index is 1.49. The number of hydrogen-bond donors (Lipinski definition) is 1. The van der Waals surface area contributed by atoms with Crippen LogP contribution < -0.4 is 10.9 Å². The number of nitrogens with zero attached hydrogens (tertiary/aromatic N) is 2. The van der Waals surface area contributed by atoms with Crippen molar-refractivity contribution in [3.8, 4) is 0 Å². The van der Waals surface area contributed by atoms with Gasteiger partial charge in [0, 0.05) is 43.2 Å². The standard InChI is InChI=1S/C21H27F2N3O5/c1-20(2,3)31-19(29)25-8-11-12(9-25)16(11)24-14-7-15(27)26(10-13(14)17(28)30-4)21(5-6-21)18(22)23/h7,10-12,16,18,24H,5-6,8-9H2,1-4H3. The summed E-state index contributed by atoms with van der Waals surface area (Å²) in [7, 11) is 1.20. The van der Waals surface area contributed by atoms with Crippen LogP contribution in [0.4, 0.5) is 19.3 Å². The molecule has 2 unspecified atom stereocenters. The molecule has 8 nitrogen and oxygen atoms in total. The molecule has 2 heterocycles. The average Bonchev–Trinajstić information content (AvgIpc) is 3.55. The summed E-state index contributed by atoms with van der Waals surface area (Å²) in [6.07, 6.45) is -1.51. The van der Waals surface area contributed by atoms with Gasteiger partial charge >= 0.3 is 12.1 Å². The largest absolute Gasteiger partial charge is 0.465 e. The van der Waals surface area contributed by atoms with Crippen molar-refractivity contribution >= 4 is 17.7 Å². The summed E-state index contributed by atoms with van der Waals surface area (Å²) in [5.74, 6) is -0.380. The van der Waals surface area contributed by atoms with E-state index in [1.54, 1.807) is 4.90 Å². The van der Waals surface area contributed by atoms with Crippen LogP contribution in [0.25, 0.3) is 0 Å². The van der Waals surface area contributed by atoms with Gasteiger partial charge in [0.25, 0.3) is 12.0 Å². The number of ether oxygens (including phenoxy) is 2. The summed E-state index contributed by atoms with van der Waals surface area (Å²) in [5.41, 5.74) is -2.39. The Kier molecular flexibility index (Phi) is 5.01. The monoisotopic (exact) mass is 439 g/mol. The zero-order valence-corrected chi connectivity index (χ0v) is 18.0. The van der Waals surface area contributed by atoms with E-state index in [0.717, 1.165) is 4.57 Å². The number of carbonyl (C=O) groups is 2. The molecule has 0 spiro atoms. The van der Waals surface area contributed by atoms with Crippen LogP contribution in [0.15, 0.2) is 17.1 Å². The third kappa shape index (κ3) is 3.87. The van der Waals surface area contributed by atoms with Crippen molar-refractivity contribution < 1.29 is 27.8 Å². The zero-order chi connectivity index (χ0) is 22.7. The molecular formula is C21H27F2N3O5. The van der Waals surface area contributed by atoms with Crippen molar-refractivity contribution in [2.75, 3.05) is 25.5 Å². The van der Waals surface area contributed by atoms with E-state index < -0.39 is 29.1 Å². The SMILES string of the molecule is COC(=O)c1cn(C2(C(F)F)CC2)c(=O)cc1NC1C2CN(C(=O)OC(C)(C)C)CC21. The minimum Gasteiger partial charge on any atom is -0.465 e. The van der Waals surface area contributed by atoms with Crippen LogP contribution in [0.3, 0.4) is 0 Å². The van der Waals surface area contributed by atoms with Gasteiger partial charge in [-0.05, 0) is 33.6 Å². The number of esters is 1. The quantitative estimate of drug-likeness (QED) is 0.710. The Labute approximate surface area is 178 Å². The molecule has 1 aliphatic heterocycles. The lowest BCUT2D eigenvalue weighted by Gasteiger charge is -2.26. The van der Waals surface area contributed by atoms with E-state index in [9.17, 15) is 23.2 Å². The van der Waals surface area contributed by atoms with E-state index in [1.165, 1.54) is 19.4 Å². The second kappa shape index (κ2) is 7.20. The Morgan fingerprint density at radius 1 is 1.23 bits per heavy atom. The summed E-state index contributed by atoms with van der Waals surface area (Å²) in [6.45, 7) is 6.44. The van der Waals surface area contributed by atoms with E-state index in [-0.39, 0.29) is 48.1 Å². The maximum absolute atomic E-state index is 13.5. The fraction of sp³-hybridized carbons (Fsp3) is 0.667. The van der Waals surface area contributed by atoms with Crippen molar-refractivity contribution in [1.82, 2.24) is 9.47 Å². The number of carbonyl (C=O) groups excluding carboxylic acids is 2. The van der Waals surface area contributed by atoms with Crippen LogP contribution in [-0.4, -0.2) is 59.8 Å². The average molecular weight is 439 g/mol. The lowest BCUT2D eigenvalue weighted by molar-refractivity contribution is 0.0272. The van der Waals surface area contributed by atoms with E-state index in [1.807, 2.05) is 20.8 Å². The fourth-order valence-electron chi connectivity index (χ4n) is 4.36. The van der Waals surface area contributed by atoms with Gasteiger partial charge in [-0.25, -0.2) is 18.4 Å². The smallest absolute Gasteiger partial charge is 0.410 e. The molecule has 1 aromatic heterocycles. The lowest BCUT2D eigenvalue weighted by atomic mass is 10.2. The predicted molar refractivity (Wildman–Crippen MR) is 107 cm³/mol. The molecule has 170 valence electrons. The number of alkyl halides is 2. The third-order valence-electron chi connectivity index (χ3n) is 6.28. The summed E-state index contributed by atoms with van der Waals surface area (Å²) < 4.78 is 38.2. The van der Waals surface area contributed by atoms with Crippen molar-refractivity contribution in [1.29, 1.82) is 0 Å². The number of hydrogen-bond acceptors (Lipinski definition) is 6. The summed E-state index contributed by atoms with van der Waals surface area (Å²) in [4.78, 5) is 38.8. The van der Waals surface area contributed by atoms with Gasteiger partial charge in [-0.1, -0.05) is 0 Å². The first-order chi connectivity index (χ1) is 14.5. The van der Waals surface area contributed by atoms with E-state index in [2.05, 4.69) is 5.32 Å². The van der Waals surface area contributed by atoms with Gasteiger partial charge in [0.05, 0.1) is 18.4 Å². The number of rotatable bonds is 5. The maximum Gasteiger partial charge on any atom is 0.410 e. The first-order valence-electron chi connectivity index (χ1n) is 10.3. The number of methoxy groups -OCH3 is 1. The van der Waals surface area contributed by atoms with E-state index in [0.29, 0.717) is 13.1 Å². The highest BCUT2D eigenvalue weighted by molar-refractivity contribution is 5.95. The maximum atomic E-state index is 13.5. The highest BCUT2D eigenvalue weighted by Crippen LogP contribution is 2.49. The van der Waals surface area contributed by atoms with Gasteiger partial charge in [-0.2, -0.15) is 0 Å². The highest BCUT2D eigenvalue weighted by Gasteiger charge is 2.58. The van der Waals surface area contributed by atoms with E-state index in [4.69, 9.17) is 9.47 Å². The van der Waals surface area contributed by atoms with Crippen LogP contribution >= 0.6 is 0 Å². The minimum absolute atomic E-state index is 0.0256. The molecule has 1 aromatic rings. The Bertz CT molecular complexity index is 955. The first kappa shape index (κ1) is 21.6. The molecule has 0 bridgehead atoms. The molecule has 3 fully saturated rings. The molecule has 2 atom stereocenters. The topological polar surface area (TPSA) is 89.9 Å². The fourth-order valence-corrected chi connectivity index (χ4v) is 4.36. The van der Waals surface area contributed by atoms with Crippen LogP contribution in [0, 0.1) is 11.8 Å². The van der Waals surface area contributed by atoms with Crippen LogP contribution in [0.2, 0.25) is 0 Å². The Hall–Kier alpha value is -2.65. The third-order valence-corrected chi connectivity index (χ3v) is 6.28. The molecule has 1 amide bonds. The lowest BCUT2D eigenvalue weighted by Crippen LogP contribution is -2.38. The van der Waals surface area contributed by atoms with Gasteiger partial charge in [-0.15, -0.1) is 0 Å². The number of pyridine rings is 1. The van der Waals surface area contributed by atoms with Crippen molar-refractivity contribution in [3.63, 3.8) is 0 Å². The number of anilines is 1. The van der Waals surface area contributed by atoms with Crippen LogP contribution in [0.5, 0.6) is 0 Å². The number of piperidine rings is 1. The second-order valence-corrected chi connectivity index (χ2v) is 9.59. The van der Waals surface area contributed by atoms with E-state index >= 15 is 0 Å². The van der Waals surface area contributed by atoms with Crippen molar-refractivity contribution in [3.05, 3.63) is 28.2 Å². The summed E-state index contributed by atoms with van der Waals surface area (Å²) in [5, 5.41) is 3.20. The molecule has 1 saturated heterocycles. The van der Waals surface area contributed by atoms with Gasteiger partial charge in [0.2, 0.25) is 0 Å². The van der Waals surface area contributed by atoms with Crippen LogP contribution in [0.1, 0.15) is 44.0 Å². The molecule has 31 heavy (non-hydrogen) atoms. The van der Waals surface area contributed by atoms with Gasteiger partial charge < -0.3 is 24.3 Å². The molecule has 2 saturated carbocycles. The van der Waals surface area contributed by atoms with Gasteiger partial charge in [-0.3, -0.25) is 4.79 Å². The summed E-state index contributed by atoms with van der Waals surface area (Å²) in [6, 6.07) is 1.16. The number of likely N-dealkylation sites (tertiary alicyclic amines) is 1. The number of fused-ring (bicyclic) bond motifs is 1. The normalized spacial score (nSPS) is 25.8. The highest BCUT2D eigenvalue weighted by atomic mass is 19.3. The number of halogens is 2. The van der Waals surface area contributed by atoms with Crippen molar-refractivity contribution in [2.45, 2.75) is 57.2 Å². The summed E-state index contributed by atoms with van der Waals surface area (Å²) >= 11 is 0. The molecule has 4 rings (SSSR count). The number of nitrogens with one attached hydrogen (secondary N) is 1. The molecule has 0 radical (unpaired) electrons. The van der Waals surface area contributed by atoms with Crippen molar-refractivity contribution in [2.24, 2.45) is 11.8 Å². The number of amides is 1. The molecular weight excluding hydrogens is 412 g/mol. The van der Waals surface area contributed by atoms with Gasteiger partial charge in [0.15, 0.2) is 0 Å². The Morgan fingerprint density at radius 3 is 2.32 bits per heavy atom. The predicted octanol–water partition coefficient (Wildman–Crippen LogP) is 2.67.